The highest BCUT2D eigenvalue weighted by molar-refractivity contribution is 5.95. The molecule has 2 atom stereocenters. The largest absolute Gasteiger partial charge is 0.456 e. The fraction of sp³-hybridized carbons (Fsp3) is 0.333. The Hall–Kier alpha value is -3.94. The molecule has 3 aromatic rings. The number of hydrogen-bond acceptors (Lipinski definition) is 6. The van der Waals surface area contributed by atoms with Crippen molar-refractivity contribution >= 4 is 18.1 Å². The summed E-state index contributed by atoms with van der Waals surface area (Å²) in [7, 11) is 0. The minimum absolute atomic E-state index is 0.369. The van der Waals surface area contributed by atoms with Gasteiger partial charge in [-0.2, -0.15) is 0 Å². The number of carbonyl (C=O) groups is 2. The average Bonchev–Trinajstić information content (AvgIpc) is 3.57. The van der Waals surface area contributed by atoms with Crippen LogP contribution in [0.3, 0.4) is 0 Å². The molecule has 7 heteroatoms. The topological polar surface area (TPSA) is 83.1 Å². The van der Waals surface area contributed by atoms with E-state index in [0.717, 1.165) is 22.3 Å². The second-order valence-corrected chi connectivity index (χ2v) is 11.1. The third-order valence-electron chi connectivity index (χ3n) is 6.87. The Bertz CT molecular complexity index is 1340. The van der Waals surface area contributed by atoms with Gasteiger partial charge in [0.25, 0.3) is 0 Å². The van der Waals surface area contributed by atoms with Crippen LogP contribution in [0.15, 0.2) is 90.5 Å². The fourth-order valence-corrected chi connectivity index (χ4v) is 5.07. The monoisotopic (exact) mass is 541 g/mol. The first-order valence-electron chi connectivity index (χ1n) is 13.6. The van der Waals surface area contributed by atoms with Crippen LogP contribution in [0.5, 0.6) is 0 Å². The first kappa shape index (κ1) is 27.6. The summed E-state index contributed by atoms with van der Waals surface area (Å²) >= 11 is 0. The van der Waals surface area contributed by atoms with Crippen LogP contribution < -0.4 is 5.32 Å². The number of cyclic esters (lactones) is 1. The Morgan fingerprint density at radius 1 is 0.950 bits per heavy atom. The number of alkyl carbamates (subject to hydrolysis) is 1. The van der Waals surface area contributed by atoms with Crippen LogP contribution >= 0.6 is 0 Å². The maximum atomic E-state index is 12.9. The van der Waals surface area contributed by atoms with Gasteiger partial charge in [0.05, 0.1) is 19.3 Å². The van der Waals surface area contributed by atoms with Crippen LogP contribution in [0, 0.1) is 0 Å². The van der Waals surface area contributed by atoms with Crippen molar-refractivity contribution in [1.82, 2.24) is 5.32 Å². The van der Waals surface area contributed by atoms with Gasteiger partial charge in [0.1, 0.15) is 11.7 Å². The Kier molecular flexibility index (Phi) is 8.05. The second kappa shape index (κ2) is 11.7. The van der Waals surface area contributed by atoms with Gasteiger partial charge >= 0.3 is 12.1 Å². The Labute approximate surface area is 235 Å². The Morgan fingerprint density at radius 3 is 2.17 bits per heavy atom. The van der Waals surface area contributed by atoms with E-state index < -0.39 is 29.6 Å². The van der Waals surface area contributed by atoms with Crippen LogP contribution in [0.1, 0.15) is 49.4 Å². The molecule has 2 aliphatic rings. The van der Waals surface area contributed by atoms with Gasteiger partial charge < -0.3 is 24.3 Å². The molecule has 208 valence electrons. The van der Waals surface area contributed by atoms with Crippen LogP contribution in [0.25, 0.3) is 6.08 Å². The van der Waals surface area contributed by atoms with Gasteiger partial charge in [0.15, 0.2) is 0 Å². The molecule has 0 bridgehead atoms. The highest BCUT2D eigenvalue weighted by atomic mass is 16.7. The lowest BCUT2D eigenvalue weighted by molar-refractivity contribution is -0.139. The van der Waals surface area contributed by atoms with E-state index >= 15 is 0 Å². The summed E-state index contributed by atoms with van der Waals surface area (Å²) < 4.78 is 23.5. The molecular formula is C33H35NO6. The zero-order valence-corrected chi connectivity index (χ0v) is 23.1. The molecule has 0 unspecified atom stereocenters. The number of carbonyl (C=O) groups excluding carboxylic acids is 2. The predicted molar refractivity (Wildman–Crippen MR) is 151 cm³/mol. The molecule has 0 radical (unpaired) electrons. The summed E-state index contributed by atoms with van der Waals surface area (Å²) in [5.41, 5.74) is 3.61. The molecule has 7 nitrogen and oxygen atoms in total. The zero-order chi connectivity index (χ0) is 28.2. The van der Waals surface area contributed by atoms with Crippen molar-refractivity contribution in [3.05, 3.63) is 113 Å². The van der Waals surface area contributed by atoms with Gasteiger partial charge in [-0.3, -0.25) is 0 Å². The van der Waals surface area contributed by atoms with Crippen LogP contribution in [0.2, 0.25) is 0 Å². The lowest BCUT2D eigenvalue weighted by Gasteiger charge is -2.28. The predicted octanol–water partition coefficient (Wildman–Crippen LogP) is 5.77. The minimum Gasteiger partial charge on any atom is -0.456 e. The number of nitrogens with one attached hydrogen (secondary N) is 1. The normalized spacial score (nSPS) is 20.2. The molecule has 1 amide bonds. The number of esters is 1. The zero-order valence-electron chi connectivity index (χ0n) is 23.1. The summed E-state index contributed by atoms with van der Waals surface area (Å²) in [5.74, 6) is -1.33. The molecule has 2 heterocycles. The van der Waals surface area contributed by atoms with E-state index in [-0.39, 0.29) is 5.97 Å². The third kappa shape index (κ3) is 6.43. The quantitative estimate of drug-likeness (QED) is 0.302. The maximum absolute atomic E-state index is 12.9. The van der Waals surface area contributed by atoms with Crippen molar-refractivity contribution < 1.29 is 28.5 Å². The van der Waals surface area contributed by atoms with Gasteiger partial charge in [-0.15, -0.1) is 0 Å². The van der Waals surface area contributed by atoms with Crippen LogP contribution in [-0.2, 0) is 35.9 Å². The summed E-state index contributed by atoms with van der Waals surface area (Å²) in [6.45, 7) is 6.46. The molecule has 2 fully saturated rings. The van der Waals surface area contributed by atoms with Gasteiger partial charge in [-0.25, -0.2) is 9.59 Å². The molecule has 0 aliphatic carbocycles. The van der Waals surface area contributed by atoms with E-state index in [4.69, 9.17) is 18.9 Å². The van der Waals surface area contributed by atoms with Gasteiger partial charge in [0, 0.05) is 23.1 Å². The van der Waals surface area contributed by atoms with Gasteiger partial charge in [-0.1, -0.05) is 84.9 Å². The van der Waals surface area contributed by atoms with E-state index in [1.807, 2.05) is 112 Å². The molecule has 40 heavy (non-hydrogen) atoms. The molecule has 1 N–H and O–H groups in total. The Morgan fingerprint density at radius 2 is 1.55 bits per heavy atom. The highest BCUT2D eigenvalue weighted by Gasteiger charge is 2.40. The lowest BCUT2D eigenvalue weighted by atomic mass is 9.95. The SMILES string of the molecule is CC(C)(C)OC(=O)N[C@@H](Cc1ccccc1)[C@H]1C/C(=C\c2ccc(C3(c4ccccc4)OCCO3)cc2)C(=O)O1. The molecule has 2 saturated heterocycles. The molecule has 0 saturated carbocycles. The summed E-state index contributed by atoms with van der Waals surface area (Å²) in [5, 5.41) is 2.93. The molecule has 3 aromatic carbocycles. The van der Waals surface area contributed by atoms with Crippen LogP contribution in [-0.4, -0.2) is 43.0 Å². The smallest absolute Gasteiger partial charge is 0.408 e. The first-order valence-corrected chi connectivity index (χ1v) is 13.6. The molecule has 0 spiro atoms. The Balaban J connectivity index is 1.33. The number of ether oxygens (including phenoxy) is 4. The minimum atomic E-state index is -0.942. The van der Waals surface area contributed by atoms with Gasteiger partial charge in [-0.05, 0) is 44.4 Å². The lowest BCUT2D eigenvalue weighted by Crippen LogP contribution is -2.46. The van der Waals surface area contributed by atoms with Crippen molar-refractivity contribution in [2.45, 2.75) is 57.1 Å². The van der Waals surface area contributed by atoms with Gasteiger partial charge in [0.2, 0.25) is 5.79 Å². The first-order chi connectivity index (χ1) is 19.2. The molecule has 0 aromatic heterocycles. The summed E-state index contributed by atoms with van der Waals surface area (Å²) in [6, 6.07) is 27.0. The van der Waals surface area contributed by atoms with Crippen molar-refractivity contribution in [3.63, 3.8) is 0 Å². The summed E-state index contributed by atoms with van der Waals surface area (Å²) in [4.78, 5) is 25.5. The highest BCUT2D eigenvalue weighted by Crippen LogP contribution is 2.38. The molecular weight excluding hydrogens is 506 g/mol. The third-order valence-corrected chi connectivity index (χ3v) is 6.87. The fourth-order valence-electron chi connectivity index (χ4n) is 5.07. The van der Waals surface area contributed by atoms with Crippen molar-refractivity contribution in [2.24, 2.45) is 0 Å². The molecule has 5 rings (SSSR count). The number of amides is 1. The number of rotatable bonds is 7. The van der Waals surface area contributed by atoms with E-state index in [9.17, 15) is 9.59 Å². The van der Waals surface area contributed by atoms with Crippen molar-refractivity contribution in [1.29, 1.82) is 0 Å². The standard InChI is InChI=1S/C33H35NO6/c1-32(2,3)40-31(36)34-28(21-23-10-6-4-7-11-23)29-22-25(30(35)39-29)20-24-14-16-27(17-15-24)33(37-18-19-38-33)26-12-8-5-9-13-26/h4-17,20,28-29H,18-19,21-22H2,1-3H3,(H,34,36)/b25-20+/t28-,29+/m0/s1. The van der Waals surface area contributed by atoms with E-state index in [2.05, 4.69) is 5.32 Å². The van der Waals surface area contributed by atoms with E-state index in [1.165, 1.54) is 0 Å². The maximum Gasteiger partial charge on any atom is 0.408 e. The summed E-state index contributed by atoms with van der Waals surface area (Å²) in [6.07, 6.45) is 1.65. The number of benzene rings is 3. The molecule has 2 aliphatic heterocycles. The van der Waals surface area contributed by atoms with Crippen molar-refractivity contribution in [2.75, 3.05) is 13.2 Å². The van der Waals surface area contributed by atoms with Crippen molar-refractivity contribution in [3.8, 4) is 0 Å². The number of hydrogen-bond donors (Lipinski definition) is 1. The van der Waals surface area contributed by atoms with E-state index in [0.29, 0.717) is 31.6 Å². The second-order valence-electron chi connectivity index (χ2n) is 11.1. The van der Waals surface area contributed by atoms with E-state index in [1.54, 1.807) is 0 Å². The average molecular weight is 542 g/mol. The van der Waals surface area contributed by atoms with Crippen LogP contribution in [0.4, 0.5) is 4.79 Å².